The molecule has 0 N–H and O–H groups in total. The Kier molecular flexibility index (Phi) is 5.48. The zero-order valence-electron chi connectivity index (χ0n) is 15.6. The number of nitrogens with zero attached hydrogens (tertiary/aromatic N) is 2. The van der Waals surface area contributed by atoms with Crippen LogP contribution in [0.15, 0.2) is 30.3 Å². The predicted octanol–water partition coefficient (Wildman–Crippen LogP) is 3.00. The Morgan fingerprint density at radius 2 is 1.70 bits per heavy atom. The number of carbonyl (C=O) groups is 1. The highest BCUT2D eigenvalue weighted by molar-refractivity contribution is 5.81. The van der Waals surface area contributed by atoms with E-state index in [0.29, 0.717) is 31.0 Å². The maximum Gasteiger partial charge on any atom is 0.242 e. The van der Waals surface area contributed by atoms with Crippen molar-refractivity contribution in [2.45, 2.75) is 13.0 Å². The molecule has 2 aromatic carbocycles. The molecule has 7 heteroatoms. The van der Waals surface area contributed by atoms with Gasteiger partial charge in [0.05, 0.1) is 20.8 Å². The molecule has 0 spiro atoms. The van der Waals surface area contributed by atoms with Gasteiger partial charge in [0.2, 0.25) is 5.91 Å². The fourth-order valence-corrected chi connectivity index (χ4v) is 3.33. The largest absolute Gasteiger partial charge is 0.493 e. The second-order valence-electron chi connectivity index (χ2n) is 6.47. The molecule has 1 aliphatic heterocycles. The Balaban J connectivity index is 1.74. The van der Waals surface area contributed by atoms with Crippen molar-refractivity contribution in [3.05, 3.63) is 53.1 Å². The number of amides is 1. The van der Waals surface area contributed by atoms with Crippen LogP contribution in [0.25, 0.3) is 0 Å². The summed E-state index contributed by atoms with van der Waals surface area (Å²) in [7, 11) is 4.65. The highest BCUT2D eigenvalue weighted by Gasteiger charge is 2.25. The fraction of sp³-hybridized carbons (Fsp3) is 0.350. The molecule has 0 radical (unpaired) electrons. The molecule has 0 aromatic heterocycles. The number of benzene rings is 2. The third-order valence-corrected chi connectivity index (χ3v) is 4.76. The molecular formula is C20H22F2N2O3. The molecule has 0 unspecified atom stereocenters. The lowest BCUT2D eigenvalue weighted by atomic mass is 9.98. The van der Waals surface area contributed by atoms with Crippen molar-refractivity contribution < 1.29 is 23.0 Å². The average molecular weight is 376 g/mol. The Morgan fingerprint density at radius 1 is 1.11 bits per heavy atom. The molecule has 0 saturated heterocycles. The minimum atomic E-state index is -0.689. The summed E-state index contributed by atoms with van der Waals surface area (Å²) in [5, 5.41) is 0. The van der Waals surface area contributed by atoms with Crippen LogP contribution in [-0.4, -0.2) is 45.2 Å². The second-order valence-corrected chi connectivity index (χ2v) is 6.47. The number of anilines is 1. The van der Waals surface area contributed by atoms with Crippen LogP contribution in [0.5, 0.6) is 11.5 Å². The van der Waals surface area contributed by atoms with Gasteiger partial charge in [-0.3, -0.25) is 4.79 Å². The Hall–Kier alpha value is -2.83. The van der Waals surface area contributed by atoms with E-state index in [-0.39, 0.29) is 18.1 Å². The number of ether oxygens (including phenoxy) is 2. The first-order valence-electron chi connectivity index (χ1n) is 8.61. The number of fused-ring (bicyclic) bond motifs is 1. The number of hydrogen-bond acceptors (Lipinski definition) is 4. The molecule has 0 atom stereocenters. The summed E-state index contributed by atoms with van der Waals surface area (Å²) in [6.07, 6.45) is 0.680. The van der Waals surface area contributed by atoms with Crippen molar-refractivity contribution in [3.63, 3.8) is 0 Å². The van der Waals surface area contributed by atoms with Gasteiger partial charge >= 0.3 is 0 Å². The van der Waals surface area contributed by atoms with E-state index in [1.807, 2.05) is 12.1 Å². The SMILES string of the molecule is COc1cc2c(cc1OC)CN(C(=O)CN(C)c1c(F)cccc1F)CC2. The van der Waals surface area contributed by atoms with Gasteiger partial charge in [0.25, 0.3) is 0 Å². The number of likely N-dealkylation sites (N-methyl/N-ethyl adjacent to an activating group) is 1. The van der Waals surface area contributed by atoms with Crippen molar-refractivity contribution >= 4 is 11.6 Å². The third kappa shape index (κ3) is 3.82. The standard InChI is InChI=1S/C20H22F2N2O3/c1-23(20-15(21)5-4-6-16(20)22)12-19(25)24-8-7-13-9-17(26-2)18(27-3)10-14(13)11-24/h4-6,9-10H,7-8,11-12H2,1-3H3. The van der Waals surface area contributed by atoms with E-state index in [1.54, 1.807) is 19.1 Å². The molecule has 1 heterocycles. The fourth-order valence-electron chi connectivity index (χ4n) is 3.33. The monoisotopic (exact) mass is 376 g/mol. The molecule has 0 saturated carbocycles. The molecule has 27 heavy (non-hydrogen) atoms. The van der Waals surface area contributed by atoms with Gasteiger partial charge in [0.15, 0.2) is 11.5 Å². The highest BCUT2D eigenvalue weighted by atomic mass is 19.1. The van der Waals surface area contributed by atoms with Gasteiger partial charge in [-0.25, -0.2) is 8.78 Å². The quantitative estimate of drug-likeness (QED) is 0.805. The summed E-state index contributed by atoms with van der Waals surface area (Å²) in [5.41, 5.74) is 1.88. The lowest BCUT2D eigenvalue weighted by Gasteiger charge is -2.31. The molecular weight excluding hydrogens is 354 g/mol. The molecule has 144 valence electrons. The van der Waals surface area contributed by atoms with E-state index in [4.69, 9.17) is 9.47 Å². The van der Waals surface area contributed by atoms with Crippen molar-refractivity contribution in [2.24, 2.45) is 0 Å². The van der Waals surface area contributed by atoms with Crippen LogP contribution >= 0.6 is 0 Å². The summed E-state index contributed by atoms with van der Waals surface area (Å²) in [4.78, 5) is 15.7. The zero-order valence-corrected chi connectivity index (χ0v) is 15.6. The van der Waals surface area contributed by atoms with E-state index in [9.17, 15) is 13.6 Å². The van der Waals surface area contributed by atoms with Crippen LogP contribution in [-0.2, 0) is 17.8 Å². The second kappa shape index (κ2) is 7.82. The molecule has 1 amide bonds. The van der Waals surface area contributed by atoms with Crippen LogP contribution < -0.4 is 14.4 Å². The van der Waals surface area contributed by atoms with Crippen LogP contribution in [0.3, 0.4) is 0 Å². The Morgan fingerprint density at radius 3 is 2.30 bits per heavy atom. The maximum absolute atomic E-state index is 13.9. The van der Waals surface area contributed by atoms with Crippen molar-refractivity contribution in [3.8, 4) is 11.5 Å². The molecule has 0 aliphatic carbocycles. The number of rotatable bonds is 5. The summed E-state index contributed by atoms with van der Waals surface area (Å²) < 4.78 is 38.5. The number of hydrogen-bond donors (Lipinski definition) is 0. The Labute approximate surface area is 157 Å². The maximum atomic E-state index is 13.9. The lowest BCUT2D eigenvalue weighted by molar-refractivity contribution is -0.130. The van der Waals surface area contributed by atoms with Crippen LogP contribution in [0.2, 0.25) is 0 Å². The van der Waals surface area contributed by atoms with Crippen LogP contribution in [0.1, 0.15) is 11.1 Å². The minimum absolute atomic E-state index is 0.111. The van der Waals surface area contributed by atoms with Crippen LogP contribution in [0.4, 0.5) is 14.5 Å². The normalized spacial score (nSPS) is 13.1. The van der Waals surface area contributed by atoms with Gasteiger partial charge in [0.1, 0.15) is 17.3 Å². The first-order chi connectivity index (χ1) is 12.9. The molecule has 2 aromatic rings. The van der Waals surface area contributed by atoms with E-state index >= 15 is 0 Å². The van der Waals surface area contributed by atoms with Gasteiger partial charge in [-0.2, -0.15) is 0 Å². The first kappa shape index (κ1) is 18.9. The number of halogens is 2. The van der Waals surface area contributed by atoms with Gasteiger partial charge in [-0.15, -0.1) is 0 Å². The number of para-hydroxylation sites is 1. The number of carbonyl (C=O) groups excluding carboxylic acids is 1. The van der Waals surface area contributed by atoms with E-state index in [1.165, 1.54) is 30.1 Å². The van der Waals surface area contributed by atoms with Crippen LogP contribution in [0, 0.1) is 11.6 Å². The predicted molar refractivity (Wildman–Crippen MR) is 98.3 cm³/mol. The molecule has 1 aliphatic rings. The van der Waals surface area contributed by atoms with Gasteiger partial charge in [-0.1, -0.05) is 6.07 Å². The topological polar surface area (TPSA) is 42.0 Å². The highest BCUT2D eigenvalue weighted by Crippen LogP contribution is 2.33. The lowest BCUT2D eigenvalue weighted by Crippen LogP contribution is -2.42. The summed E-state index contributed by atoms with van der Waals surface area (Å²) in [6.45, 7) is 0.845. The number of methoxy groups -OCH3 is 2. The summed E-state index contributed by atoms with van der Waals surface area (Å²) >= 11 is 0. The van der Waals surface area contributed by atoms with Gasteiger partial charge in [-0.05, 0) is 41.8 Å². The third-order valence-electron chi connectivity index (χ3n) is 4.76. The minimum Gasteiger partial charge on any atom is -0.493 e. The van der Waals surface area contributed by atoms with E-state index in [0.717, 1.165) is 11.1 Å². The van der Waals surface area contributed by atoms with Gasteiger partial charge < -0.3 is 19.3 Å². The van der Waals surface area contributed by atoms with Crippen molar-refractivity contribution in [1.29, 1.82) is 0 Å². The molecule has 0 fully saturated rings. The average Bonchev–Trinajstić information content (AvgIpc) is 2.66. The molecule has 3 rings (SSSR count). The molecule has 5 nitrogen and oxygen atoms in total. The Bertz CT molecular complexity index is 837. The smallest absolute Gasteiger partial charge is 0.242 e. The molecule has 0 bridgehead atoms. The van der Waals surface area contributed by atoms with E-state index < -0.39 is 11.6 Å². The zero-order chi connectivity index (χ0) is 19.6. The van der Waals surface area contributed by atoms with E-state index in [2.05, 4.69) is 0 Å². The van der Waals surface area contributed by atoms with Gasteiger partial charge in [0, 0.05) is 20.1 Å². The summed E-state index contributed by atoms with van der Waals surface area (Å²) in [5.74, 6) is -0.306. The van der Waals surface area contributed by atoms with Crippen molar-refractivity contribution in [2.75, 3.05) is 39.3 Å². The summed E-state index contributed by atoms with van der Waals surface area (Å²) in [6, 6.07) is 7.45. The van der Waals surface area contributed by atoms with Crippen molar-refractivity contribution in [1.82, 2.24) is 4.90 Å². The first-order valence-corrected chi connectivity index (χ1v) is 8.61.